The van der Waals surface area contributed by atoms with E-state index in [2.05, 4.69) is 16.4 Å². The number of amides is 1. The first-order valence-corrected chi connectivity index (χ1v) is 8.32. The van der Waals surface area contributed by atoms with E-state index in [1.54, 1.807) is 17.4 Å². The van der Waals surface area contributed by atoms with E-state index in [1.165, 1.54) is 10.4 Å². The molecule has 2 aromatic rings. The first-order valence-electron chi connectivity index (χ1n) is 7.06. The van der Waals surface area contributed by atoms with Gasteiger partial charge >= 0.3 is 0 Å². The highest BCUT2D eigenvalue weighted by Gasteiger charge is 2.23. The number of thiophene rings is 1. The van der Waals surface area contributed by atoms with Crippen LogP contribution in [0.15, 0.2) is 23.6 Å². The van der Waals surface area contributed by atoms with Crippen LogP contribution >= 0.6 is 22.9 Å². The molecular weight excluding hydrogens is 304 g/mol. The Balaban J connectivity index is 1.86. The summed E-state index contributed by atoms with van der Waals surface area (Å²) in [6.45, 7) is 5.55. The zero-order chi connectivity index (χ0) is 15.0. The van der Waals surface area contributed by atoms with Crippen molar-refractivity contribution in [2.24, 2.45) is 0 Å². The Hall–Kier alpha value is -1.39. The molecule has 0 saturated heterocycles. The zero-order valence-corrected chi connectivity index (χ0v) is 13.7. The van der Waals surface area contributed by atoms with Crippen molar-refractivity contribution < 1.29 is 4.79 Å². The standard InChI is InChI=1S/C16H17ClN2OS/c1-10(2)13-7-12(8-15(17)18-13)16(20)19-5-3-14-11(9-19)4-6-21-14/h4,6-8,10H,3,5,9H2,1-2H3. The second-order valence-corrected chi connectivity index (χ2v) is 6.99. The van der Waals surface area contributed by atoms with Crippen LogP contribution < -0.4 is 0 Å². The molecule has 0 unspecified atom stereocenters. The summed E-state index contributed by atoms with van der Waals surface area (Å²) in [5.41, 5.74) is 2.76. The average Bonchev–Trinajstić information content (AvgIpc) is 2.93. The quantitative estimate of drug-likeness (QED) is 0.780. The monoisotopic (exact) mass is 320 g/mol. The molecule has 0 N–H and O–H groups in total. The van der Waals surface area contributed by atoms with Crippen molar-refractivity contribution in [3.63, 3.8) is 0 Å². The van der Waals surface area contributed by atoms with Crippen LogP contribution in [0.25, 0.3) is 0 Å². The van der Waals surface area contributed by atoms with Crippen LogP contribution in [-0.4, -0.2) is 22.3 Å². The maximum Gasteiger partial charge on any atom is 0.254 e. The molecular formula is C16H17ClN2OS. The molecule has 0 radical (unpaired) electrons. The summed E-state index contributed by atoms with van der Waals surface area (Å²) in [5, 5.41) is 2.48. The SMILES string of the molecule is CC(C)c1cc(C(=O)N2CCc3sccc3C2)cc(Cl)n1. The smallest absolute Gasteiger partial charge is 0.254 e. The number of hydrogen-bond donors (Lipinski definition) is 0. The lowest BCUT2D eigenvalue weighted by Gasteiger charge is -2.27. The van der Waals surface area contributed by atoms with Crippen LogP contribution in [0.1, 0.15) is 46.3 Å². The third-order valence-corrected chi connectivity index (χ3v) is 4.96. The van der Waals surface area contributed by atoms with E-state index in [1.807, 2.05) is 24.8 Å². The van der Waals surface area contributed by atoms with Gasteiger partial charge in [0, 0.05) is 29.2 Å². The van der Waals surface area contributed by atoms with Gasteiger partial charge in [-0.2, -0.15) is 0 Å². The highest BCUT2D eigenvalue weighted by atomic mass is 35.5. The summed E-state index contributed by atoms with van der Waals surface area (Å²) in [6, 6.07) is 5.64. The van der Waals surface area contributed by atoms with Gasteiger partial charge in [0.15, 0.2) is 0 Å². The Morgan fingerprint density at radius 2 is 2.24 bits per heavy atom. The van der Waals surface area contributed by atoms with Crippen LogP contribution in [-0.2, 0) is 13.0 Å². The number of carbonyl (C=O) groups excluding carboxylic acids is 1. The van der Waals surface area contributed by atoms with E-state index in [9.17, 15) is 4.79 Å². The Morgan fingerprint density at radius 3 is 3.00 bits per heavy atom. The van der Waals surface area contributed by atoms with Gasteiger partial charge < -0.3 is 4.90 Å². The minimum atomic E-state index is 0.0399. The molecule has 3 nitrogen and oxygen atoms in total. The summed E-state index contributed by atoms with van der Waals surface area (Å²) in [7, 11) is 0. The fourth-order valence-electron chi connectivity index (χ4n) is 2.54. The first-order chi connectivity index (χ1) is 10.0. The van der Waals surface area contributed by atoms with Gasteiger partial charge in [-0.3, -0.25) is 4.79 Å². The molecule has 0 atom stereocenters. The van der Waals surface area contributed by atoms with Gasteiger partial charge in [-0.15, -0.1) is 11.3 Å². The van der Waals surface area contributed by atoms with Gasteiger partial charge in [-0.1, -0.05) is 25.4 Å². The molecule has 0 fully saturated rings. The van der Waals surface area contributed by atoms with Crippen LogP contribution in [0.2, 0.25) is 5.15 Å². The summed E-state index contributed by atoms with van der Waals surface area (Å²) in [5.74, 6) is 0.290. The maximum atomic E-state index is 12.7. The number of nitrogens with zero attached hydrogens (tertiary/aromatic N) is 2. The zero-order valence-electron chi connectivity index (χ0n) is 12.1. The van der Waals surface area contributed by atoms with Crippen molar-refractivity contribution in [2.75, 3.05) is 6.54 Å². The lowest BCUT2D eigenvalue weighted by Crippen LogP contribution is -2.35. The topological polar surface area (TPSA) is 33.2 Å². The lowest BCUT2D eigenvalue weighted by molar-refractivity contribution is 0.0735. The second kappa shape index (κ2) is 5.78. The van der Waals surface area contributed by atoms with E-state index in [-0.39, 0.29) is 11.8 Å². The number of aromatic nitrogens is 1. The molecule has 21 heavy (non-hydrogen) atoms. The maximum absolute atomic E-state index is 12.7. The van der Waals surface area contributed by atoms with Crippen LogP contribution in [0, 0.1) is 0 Å². The molecule has 0 saturated carbocycles. The van der Waals surface area contributed by atoms with Gasteiger partial charge in [0.2, 0.25) is 0 Å². The Morgan fingerprint density at radius 1 is 1.43 bits per heavy atom. The second-order valence-electron chi connectivity index (χ2n) is 5.60. The van der Waals surface area contributed by atoms with Gasteiger partial charge in [0.1, 0.15) is 5.15 Å². The fourth-order valence-corrected chi connectivity index (χ4v) is 3.65. The van der Waals surface area contributed by atoms with Crippen molar-refractivity contribution in [1.29, 1.82) is 0 Å². The van der Waals surface area contributed by atoms with Gasteiger partial charge in [-0.25, -0.2) is 4.98 Å². The van der Waals surface area contributed by atoms with Crippen LogP contribution in [0.5, 0.6) is 0 Å². The van der Waals surface area contributed by atoms with Gasteiger partial charge in [-0.05, 0) is 41.5 Å². The number of pyridine rings is 1. The molecule has 1 amide bonds. The Bertz CT molecular complexity index is 681. The minimum absolute atomic E-state index is 0.0399. The number of fused-ring (bicyclic) bond motifs is 1. The van der Waals surface area contributed by atoms with Crippen LogP contribution in [0.4, 0.5) is 0 Å². The Kier molecular flexibility index (Phi) is 4.00. The molecule has 5 heteroatoms. The fraction of sp³-hybridized carbons (Fsp3) is 0.375. The summed E-state index contributed by atoms with van der Waals surface area (Å²) in [6.07, 6.45) is 0.939. The Labute approximate surface area is 133 Å². The predicted molar refractivity (Wildman–Crippen MR) is 86.1 cm³/mol. The predicted octanol–water partition coefficient (Wildman–Crippen LogP) is 4.12. The molecule has 0 aliphatic carbocycles. The third-order valence-electron chi connectivity index (χ3n) is 3.75. The number of hydrogen-bond acceptors (Lipinski definition) is 3. The van der Waals surface area contributed by atoms with Crippen LogP contribution in [0.3, 0.4) is 0 Å². The lowest BCUT2D eigenvalue weighted by atomic mass is 10.1. The highest BCUT2D eigenvalue weighted by molar-refractivity contribution is 7.10. The highest BCUT2D eigenvalue weighted by Crippen LogP contribution is 2.26. The van der Waals surface area contributed by atoms with Crippen molar-refractivity contribution >= 4 is 28.8 Å². The van der Waals surface area contributed by atoms with E-state index in [0.29, 0.717) is 17.3 Å². The molecule has 3 heterocycles. The van der Waals surface area contributed by atoms with Crippen molar-refractivity contribution in [2.45, 2.75) is 32.7 Å². The minimum Gasteiger partial charge on any atom is -0.334 e. The first kappa shape index (κ1) is 14.5. The normalized spacial score (nSPS) is 14.4. The van der Waals surface area contributed by atoms with Crippen molar-refractivity contribution in [3.8, 4) is 0 Å². The van der Waals surface area contributed by atoms with E-state index >= 15 is 0 Å². The molecule has 0 spiro atoms. The van der Waals surface area contributed by atoms with Crippen molar-refractivity contribution in [1.82, 2.24) is 9.88 Å². The van der Waals surface area contributed by atoms with Crippen molar-refractivity contribution in [3.05, 3.63) is 50.4 Å². The molecule has 2 aromatic heterocycles. The summed E-state index contributed by atoms with van der Waals surface area (Å²) >= 11 is 7.84. The van der Waals surface area contributed by atoms with E-state index < -0.39 is 0 Å². The van der Waals surface area contributed by atoms with E-state index in [4.69, 9.17) is 11.6 Å². The average molecular weight is 321 g/mol. The molecule has 1 aliphatic heterocycles. The third kappa shape index (κ3) is 2.97. The van der Waals surface area contributed by atoms with Gasteiger partial charge in [0.05, 0.1) is 0 Å². The number of halogens is 1. The largest absolute Gasteiger partial charge is 0.334 e. The molecule has 0 aromatic carbocycles. The van der Waals surface area contributed by atoms with Gasteiger partial charge in [0.25, 0.3) is 5.91 Å². The summed E-state index contributed by atoms with van der Waals surface area (Å²) < 4.78 is 0. The number of carbonyl (C=O) groups is 1. The molecule has 1 aliphatic rings. The summed E-state index contributed by atoms with van der Waals surface area (Å²) in [4.78, 5) is 20.3. The van der Waals surface area contributed by atoms with E-state index in [0.717, 1.165) is 18.7 Å². The molecule has 0 bridgehead atoms. The molecule has 110 valence electrons. The number of rotatable bonds is 2. The molecule has 3 rings (SSSR count).